The summed E-state index contributed by atoms with van der Waals surface area (Å²) in [6, 6.07) is 7.59. The number of halogens is 3. The quantitative estimate of drug-likeness (QED) is 0.762. The minimum atomic E-state index is -4.56. The topological polar surface area (TPSA) is 68.8 Å². The first-order chi connectivity index (χ1) is 12.3. The molecule has 0 heterocycles. The van der Waals surface area contributed by atoms with Crippen molar-refractivity contribution < 1.29 is 32.2 Å². The summed E-state index contributed by atoms with van der Waals surface area (Å²) in [5, 5.41) is 0. The molecule has 9 heteroatoms. The van der Waals surface area contributed by atoms with Crippen molar-refractivity contribution in [2.45, 2.75) is 6.18 Å². The molecule has 2 N–H and O–H groups in total. The van der Waals surface area contributed by atoms with Gasteiger partial charge in [0.2, 0.25) is 0 Å². The van der Waals surface area contributed by atoms with Crippen LogP contribution in [0, 0.1) is 0 Å². The van der Waals surface area contributed by atoms with Crippen molar-refractivity contribution in [1.82, 2.24) is 5.43 Å². The van der Waals surface area contributed by atoms with Gasteiger partial charge in [0.05, 0.1) is 38.1 Å². The molecule has 2 aromatic carbocycles. The summed E-state index contributed by atoms with van der Waals surface area (Å²) in [4.78, 5) is 12.4. The molecule has 0 aliphatic carbocycles. The number of hydrogen-bond acceptors (Lipinski definition) is 5. The number of anilines is 1. The van der Waals surface area contributed by atoms with E-state index >= 15 is 0 Å². The number of alkyl halides is 3. The molecule has 26 heavy (non-hydrogen) atoms. The van der Waals surface area contributed by atoms with E-state index in [1.54, 1.807) is 0 Å². The lowest BCUT2D eigenvalue weighted by atomic mass is 10.1. The number of ether oxygens (including phenoxy) is 3. The highest BCUT2D eigenvalue weighted by molar-refractivity contribution is 5.98. The number of rotatable bonds is 6. The van der Waals surface area contributed by atoms with Crippen molar-refractivity contribution in [3.8, 4) is 17.2 Å². The van der Waals surface area contributed by atoms with Crippen molar-refractivity contribution in [1.29, 1.82) is 0 Å². The maximum absolute atomic E-state index is 13.0. The maximum atomic E-state index is 13.0. The zero-order valence-corrected chi connectivity index (χ0v) is 14.2. The lowest BCUT2D eigenvalue weighted by molar-refractivity contribution is -0.137. The predicted octanol–water partition coefficient (Wildman–Crippen LogP) is 3.49. The van der Waals surface area contributed by atoms with E-state index in [0.29, 0.717) is 5.75 Å². The van der Waals surface area contributed by atoms with Gasteiger partial charge in [0.15, 0.2) is 11.5 Å². The van der Waals surface area contributed by atoms with Crippen molar-refractivity contribution in [2.75, 3.05) is 26.8 Å². The summed E-state index contributed by atoms with van der Waals surface area (Å²) in [6.45, 7) is 0. The van der Waals surface area contributed by atoms with Gasteiger partial charge in [-0.05, 0) is 12.1 Å². The Bertz CT molecular complexity index is 794. The fraction of sp³-hybridized carbons (Fsp3) is 0.235. The minimum absolute atomic E-state index is 0.0575. The van der Waals surface area contributed by atoms with Gasteiger partial charge in [-0.3, -0.25) is 15.6 Å². The number of benzene rings is 2. The number of carbonyl (C=O) groups excluding carboxylic acids is 1. The van der Waals surface area contributed by atoms with E-state index in [1.807, 2.05) is 0 Å². The molecule has 0 aromatic heterocycles. The summed E-state index contributed by atoms with van der Waals surface area (Å²) >= 11 is 0. The van der Waals surface area contributed by atoms with Gasteiger partial charge in [0.1, 0.15) is 5.75 Å². The van der Waals surface area contributed by atoms with Gasteiger partial charge in [-0.1, -0.05) is 12.1 Å². The fourth-order valence-corrected chi connectivity index (χ4v) is 2.24. The molecule has 0 bridgehead atoms. The third-order valence-corrected chi connectivity index (χ3v) is 3.49. The number of nitrogens with one attached hydrogen (secondary N) is 2. The van der Waals surface area contributed by atoms with Crippen LogP contribution in [0.2, 0.25) is 0 Å². The normalized spacial score (nSPS) is 10.8. The van der Waals surface area contributed by atoms with Gasteiger partial charge in [-0.2, -0.15) is 13.2 Å². The van der Waals surface area contributed by atoms with Gasteiger partial charge in [-0.25, -0.2) is 0 Å². The van der Waals surface area contributed by atoms with Crippen molar-refractivity contribution in [2.24, 2.45) is 0 Å². The molecule has 0 aliphatic heterocycles. The Hall–Kier alpha value is -3.10. The van der Waals surface area contributed by atoms with Crippen LogP contribution in [0.15, 0.2) is 36.4 Å². The third-order valence-electron chi connectivity index (χ3n) is 3.49. The Kier molecular flexibility index (Phi) is 5.81. The van der Waals surface area contributed by atoms with Crippen LogP contribution in [0.25, 0.3) is 0 Å². The molecule has 6 nitrogen and oxygen atoms in total. The van der Waals surface area contributed by atoms with Crippen LogP contribution < -0.4 is 25.1 Å². The number of carbonyl (C=O) groups is 1. The first-order valence-corrected chi connectivity index (χ1v) is 7.34. The average molecular weight is 370 g/mol. The second-order valence-electron chi connectivity index (χ2n) is 5.03. The zero-order valence-electron chi connectivity index (χ0n) is 14.2. The molecule has 140 valence electrons. The first kappa shape index (κ1) is 19.2. The highest BCUT2D eigenvalue weighted by atomic mass is 19.4. The van der Waals surface area contributed by atoms with Crippen LogP contribution >= 0.6 is 0 Å². The molecule has 0 unspecified atom stereocenters. The summed E-state index contributed by atoms with van der Waals surface area (Å²) in [6.07, 6.45) is -4.56. The smallest absolute Gasteiger partial charge is 0.418 e. The zero-order chi connectivity index (χ0) is 19.3. The molecule has 0 saturated heterocycles. The maximum Gasteiger partial charge on any atom is 0.418 e. The van der Waals surface area contributed by atoms with E-state index in [-0.39, 0.29) is 22.7 Å². The fourth-order valence-electron chi connectivity index (χ4n) is 2.24. The lowest BCUT2D eigenvalue weighted by Gasteiger charge is -2.17. The predicted molar refractivity (Wildman–Crippen MR) is 88.6 cm³/mol. The number of hydrogen-bond donors (Lipinski definition) is 2. The number of para-hydroxylation sites is 1. The summed E-state index contributed by atoms with van der Waals surface area (Å²) in [5.41, 5.74) is 3.38. The van der Waals surface area contributed by atoms with Gasteiger partial charge in [-0.15, -0.1) is 0 Å². The highest BCUT2D eigenvalue weighted by Gasteiger charge is 2.33. The molecule has 1 amide bonds. The second-order valence-corrected chi connectivity index (χ2v) is 5.03. The van der Waals surface area contributed by atoms with Crippen molar-refractivity contribution in [3.05, 3.63) is 47.5 Å². The molecular formula is C17H17F3N2O4. The van der Waals surface area contributed by atoms with E-state index < -0.39 is 17.6 Å². The standard InChI is InChI=1S/C17H17F3N2O4/c1-24-13-9-15(26-3)14(25-2)8-10(13)16(23)22-21-12-7-5-4-6-11(12)17(18,19)20/h4-9,21H,1-3H3,(H,22,23). The average Bonchev–Trinajstić information content (AvgIpc) is 2.64. The number of amides is 1. The minimum Gasteiger partial charge on any atom is -0.496 e. The molecule has 2 aromatic rings. The lowest BCUT2D eigenvalue weighted by Crippen LogP contribution is -2.30. The van der Waals surface area contributed by atoms with Gasteiger partial charge < -0.3 is 14.2 Å². The number of hydrazine groups is 1. The van der Waals surface area contributed by atoms with Gasteiger partial charge in [0.25, 0.3) is 5.91 Å². The Morgan fingerprint density at radius 3 is 2.08 bits per heavy atom. The summed E-state index contributed by atoms with van der Waals surface area (Å²) in [7, 11) is 4.17. The largest absolute Gasteiger partial charge is 0.496 e. The summed E-state index contributed by atoms with van der Waals surface area (Å²) in [5.74, 6) is 0.0799. The molecule has 0 aliphatic rings. The first-order valence-electron chi connectivity index (χ1n) is 7.34. The Labute approximate surface area is 147 Å². The molecule has 0 spiro atoms. The molecule has 0 fully saturated rings. The van der Waals surface area contributed by atoms with Crippen LogP contribution in [-0.4, -0.2) is 27.2 Å². The van der Waals surface area contributed by atoms with E-state index in [0.717, 1.165) is 6.07 Å². The van der Waals surface area contributed by atoms with Crippen molar-refractivity contribution in [3.63, 3.8) is 0 Å². The summed E-state index contributed by atoms with van der Waals surface area (Å²) < 4.78 is 54.4. The van der Waals surface area contributed by atoms with Crippen LogP contribution in [0.5, 0.6) is 17.2 Å². The molecule has 0 saturated carbocycles. The molecular weight excluding hydrogens is 353 g/mol. The molecule has 0 atom stereocenters. The van der Waals surface area contributed by atoms with Crippen LogP contribution in [0.1, 0.15) is 15.9 Å². The van der Waals surface area contributed by atoms with E-state index in [9.17, 15) is 18.0 Å². The Balaban J connectivity index is 2.27. The van der Waals surface area contributed by atoms with E-state index in [2.05, 4.69) is 10.9 Å². The van der Waals surface area contributed by atoms with Crippen LogP contribution in [0.4, 0.5) is 18.9 Å². The molecule has 2 rings (SSSR count). The van der Waals surface area contributed by atoms with E-state index in [1.165, 1.54) is 51.7 Å². The third kappa shape index (κ3) is 4.11. The van der Waals surface area contributed by atoms with Crippen molar-refractivity contribution >= 4 is 11.6 Å². The van der Waals surface area contributed by atoms with Gasteiger partial charge >= 0.3 is 6.18 Å². The van der Waals surface area contributed by atoms with Gasteiger partial charge in [0, 0.05) is 12.1 Å². The SMILES string of the molecule is COc1cc(OC)c(C(=O)NNc2ccccc2C(F)(F)F)cc1OC. The monoisotopic (exact) mass is 370 g/mol. The highest BCUT2D eigenvalue weighted by Crippen LogP contribution is 2.35. The molecule has 0 radical (unpaired) electrons. The van der Waals surface area contributed by atoms with Crippen LogP contribution in [-0.2, 0) is 6.18 Å². The Morgan fingerprint density at radius 1 is 0.923 bits per heavy atom. The van der Waals surface area contributed by atoms with Crippen LogP contribution in [0.3, 0.4) is 0 Å². The number of methoxy groups -OCH3 is 3. The van der Waals surface area contributed by atoms with E-state index in [4.69, 9.17) is 14.2 Å². The Morgan fingerprint density at radius 2 is 1.50 bits per heavy atom. The second kappa shape index (κ2) is 7.85.